The van der Waals surface area contributed by atoms with Crippen molar-refractivity contribution in [1.82, 2.24) is 20.2 Å². The number of aliphatic hydroxyl groups excluding tert-OH is 1. The minimum Gasteiger partial charge on any atom is -0.392 e. The number of nitrogens with one attached hydrogen (secondary N) is 3. The van der Waals surface area contributed by atoms with Gasteiger partial charge in [-0.05, 0) is 35.9 Å². The van der Waals surface area contributed by atoms with Gasteiger partial charge in [-0.3, -0.25) is 9.82 Å². The zero-order valence-corrected chi connectivity index (χ0v) is 20.6. The Morgan fingerprint density at radius 1 is 1.05 bits per heavy atom. The van der Waals surface area contributed by atoms with Gasteiger partial charge in [0.25, 0.3) is 10.0 Å². The number of sulfonamides is 1. The molecule has 0 spiro atoms. The van der Waals surface area contributed by atoms with Crippen molar-refractivity contribution in [2.75, 3.05) is 4.72 Å². The molecule has 3 aromatic carbocycles. The Kier molecular flexibility index (Phi) is 6.36. The van der Waals surface area contributed by atoms with E-state index in [2.05, 4.69) is 20.2 Å². The van der Waals surface area contributed by atoms with Gasteiger partial charge in [0, 0.05) is 28.4 Å². The van der Waals surface area contributed by atoms with Crippen molar-refractivity contribution in [3.05, 3.63) is 81.9 Å². The van der Waals surface area contributed by atoms with Crippen LogP contribution in [0, 0.1) is 17.5 Å². The summed E-state index contributed by atoms with van der Waals surface area (Å²) in [7, 11) is -4.56. The van der Waals surface area contributed by atoms with Crippen LogP contribution in [0.5, 0.6) is 0 Å². The zero-order chi connectivity index (χ0) is 26.5. The number of aromatic amines is 2. The molecule has 37 heavy (non-hydrogen) atoms. The van der Waals surface area contributed by atoms with Crippen LogP contribution in [0.4, 0.5) is 18.9 Å². The fourth-order valence-corrected chi connectivity index (χ4v) is 5.82. The zero-order valence-electron chi connectivity index (χ0n) is 18.3. The Morgan fingerprint density at radius 3 is 2.54 bits per heavy atom. The van der Waals surface area contributed by atoms with E-state index in [4.69, 9.17) is 23.2 Å². The van der Waals surface area contributed by atoms with Crippen LogP contribution >= 0.6 is 23.2 Å². The molecule has 0 amide bonds. The highest BCUT2D eigenvalue weighted by molar-refractivity contribution is 7.92. The van der Waals surface area contributed by atoms with Crippen LogP contribution in [0.25, 0.3) is 33.5 Å². The van der Waals surface area contributed by atoms with Crippen molar-refractivity contribution in [3.8, 4) is 22.6 Å². The molecule has 0 unspecified atom stereocenters. The van der Waals surface area contributed by atoms with E-state index in [0.29, 0.717) is 16.9 Å². The van der Waals surface area contributed by atoms with Gasteiger partial charge in [0.15, 0.2) is 17.5 Å². The van der Waals surface area contributed by atoms with E-state index in [1.165, 1.54) is 18.3 Å². The topological polar surface area (TPSA) is 124 Å². The Hall–Kier alpha value is -3.58. The third kappa shape index (κ3) is 4.31. The number of benzene rings is 3. The van der Waals surface area contributed by atoms with Crippen LogP contribution in [0.2, 0.25) is 10.0 Å². The minimum absolute atomic E-state index is 0.0265. The second kappa shape index (κ2) is 9.38. The van der Waals surface area contributed by atoms with E-state index in [-0.39, 0.29) is 21.1 Å². The van der Waals surface area contributed by atoms with E-state index < -0.39 is 55.8 Å². The van der Waals surface area contributed by atoms with Gasteiger partial charge in [-0.1, -0.05) is 29.3 Å². The molecule has 0 saturated heterocycles. The molecule has 14 heteroatoms. The number of nitrogens with zero attached hydrogens (tertiary/aromatic N) is 2. The summed E-state index contributed by atoms with van der Waals surface area (Å²) in [5.74, 6) is -3.15. The Balaban J connectivity index is 1.60. The van der Waals surface area contributed by atoms with Crippen molar-refractivity contribution >= 4 is 49.8 Å². The molecule has 2 heterocycles. The molecule has 0 radical (unpaired) electrons. The molecule has 5 aromatic rings. The quantitative estimate of drug-likeness (QED) is 0.211. The predicted octanol–water partition coefficient (Wildman–Crippen LogP) is 5.64. The van der Waals surface area contributed by atoms with Crippen molar-refractivity contribution < 1.29 is 26.7 Å². The lowest BCUT2D eigenvalue weighted by Crippen LogP contribution is -2.16. The maximum Gasteiger partial charge on any atom is 0.263 e. The van der Waals surface area contributed by atoms with Crippen molar-refractivity contribution in [1.29, 1.82) is 0 Å². The van der Waals surface area contributed by atoms with Crippen LogP contribution in [0.1, 0.15) is 5.56 Å². The van der Waals surface area contributed by atoms with Gasteiger partial charge in [0.1, 0.15) is 21.9 Å². The summed E-state index contributed by atoms with van der Waals surface area (Å²) in [6.07, 6.45) is 3.04. The third-order valence-corrected chi connectivity index (χ3v) is 7.71. The molecule has 0 bridgehead atoms. The molecule has 5 rings (SSSR count). The van der Waals surface area contributed by atoms with E-state index in [1.54, 1.807) is 6.20 Å². The first kappa shape index (κ1) is 25.1. The highest BCUT2D eigenvalue weighted by Gasteiger charge is 2.26. The number of fused-ring (bicyclic) bond motifs is 1. The minimum atomic E-state index is -4.56. The van der Waals surface area contributed by atoms with Gasteiger partial charge < -0.3 is 10.1 Å². The number of halogens is 5. The van der Waals surface area contributed by atoms with Crippen LogP contribution < -0.4 is 4.72 Å². The summed E-state index contributed by atoms with van der Waals surface area (Å²) in [5.41, 5.74) is -1.75. The molecule has 2 aromatic heterocycles. The maximum atomic E-state index is 15.5. The maximum absolute atomic E-state index is 15.5. The number of hydrogen-bond donors (Lipinski definition) is 4. The van der Waals surface area contributed by atoms with Crippen molar-refractivity contribution in [3.63, 3.8) is 0 Å². The lowest BCUT2D eigenvalue weighted by Gasteiger charge is -2.15. The molecule has 0 fully saturated rings. The summed E-state index contributed by atoms with van der Waals surface area (Å²) in [5, 5.41) is 15.9. The summed E-state index contributed by atoms with van der Waals surface area (Å²) >= 11 is 12.0. The first-order valence-corrected chi connectivity index (χ1v) is 12.6. The molecular weight excluding hydrogens is 554 g/mol. The largest absolute Gasteiger partial charge is 0.392 e. The first-order chi connectivity index (χ1) is 17.6. The van der Waals surface area contributed by atoms with Crippen LogP contribution in [-0.2, 0) is 16.6 Å². The number of imidazole rings is 1. The number of rotatable bonds is 6. The van der Waals surface area contributed by atoms with Gasteiger partial charge in [-0.2, -0.15) is 5.10 Å². The average Bonchev–Trinajstić information content (AvgIpc) is 3.53. The normalized spacial score (nSPS) is 11.8. The van der Waals surface area contributed by atoms with E-state index in [1.807, 2.05) is 4.72 Å². The second-order valence-corrected chi connectivity index (χ2v) is 10.2. The summed E-state index contributed by atoms with van der Waals surface area (Å²) in [6, 6.07) is 6.48. The Bertz CT molecular complexity index is 1780. The van der Waals surface area contributed by atoms with Crippen molar-refractivity contribution in [2.45, 2.75) is 11.5 Å². The fourth-order valence-electron chi connectivity index (χ4n) is 3.83. The SMILES string of the molecule is O=S(=O)(Nc1ccc(F)c(-c2ccc3c(-c4ncc[nH]4)n[nH]c3c2F)c1F)c1cc(Cl)cc(CO)c1Cl. The standard InChI is InChI=1S/C23H14Cl2F3N5O3S/c24-11-7-10(9-34)18(25)16(8-11)37(35,36)33-15-4-3-14(26)17(20(15)28)12-1-2-13-21(19(12)27)31-32-22(13)23-29-5-6-30-23/h1-8,33-34H,9H2,(H,29,30)(H,31,32). The summed E-state index contributed by atoms with van der Waals surface area (Å²) in [4.78, 5) is 6.37. The highest BCUT2D eigenvalue weighted by Crippen LogP contribution is 2.38. The van der Waals surface area contributed by atoms with Gasteiger partial charge in [0.2, 0.25) is 0 Å². The molecule has 0 aliphatic rings. The molecule has 0 aliphatic carbocycles. The Labute approximate surface area is 217 Å². The molecule has 0 aliphatic heterocycles. The molecule has 0 atom stereocenters. The number of aliphatic hydroxyl groups is 1. The lowest BCUT2D eigenvalue weighted by atomic mass is 10.0. The number of hydrogen-bond acceptors (Lipinski definition) is 5. The van der Waals surface area contributed by atoms with Crippen LogP contribution in [0.3, 0.4) is 0 Å². The van der Waals surface area contributed by atoms with Gasteiger partial charge in [-0.25, -0.2) is 26.6 Å². The third-order valence-electron chi connectivity index (χ3n) is 5.54. The Morgan fingerprint density at radius 2 is 1.84 bits per heavy atom. The number of aromatic nitrogens is 4. The van der Waals surface area contributed by atoms with Crippen LogP contribution in [-0.4, -0.2) is 33.7 Å². The molecular formula is C23H14Cl2F3N5O3S. The van der Waals surface area contributed by atoms with E-state index in [0.717, 1.165) is 24.3 Å². The summed E-state index contributed by atoms with van der Waals surface area (Å²) in [6.45, 7) is -0.603. The lowest BCUT2D eigenvalue weighted by molar-refractivity contribution is 0.281. The number of anilines is 1. The van der Waals surface area contributed by atoms with E-state index in [9.17, 15) is 17.9 Å². The molecule has 8 nitrogen and oxygen atoms in total. The second-order valence-electron chi connectivity index (χ2n) is 7.78. The van der Waals surface area contributed by atoms with Gasteiger partial charge >= 0.3 is 0 Å². The van der Waals surface area contributed by atoms with Gasteiger partial charge in [-0.15, -0.1) is 0 Å². The first-order valence-electron chi connectivity index (χ1n) is 10.4. The highest BCUT2D eigenvalue weighted by atomic mass is 35.5. The average molecular weight is 568 g/mol. The molecule has 4 N–H and O–H groups in total. The summed E-state index contributed by atoms with van der Waals surface area (Å²) < 4.78 is 73.8. The fraction of sp³-hybridized carbons (Fsp3) is 0.0435. The number of H-pyrrole nitrogens is 2. The molecule has 190 valence electrons. The monoisotopic (exact) mass is 567 g/mol. The van der Waals surface area contributed by atoms with Crippen molar-refractivity contribution in [2.24, 2.45) is 0 Å². The molecule has 0 saturated carbocycles. The van der Waals surface area contributed by atoms with Crippen LogP contribution in [0.15, 0.2) is 53.7 Å². The van der Waals surface area contributed by atoms with E-state index >= 15 is 8.78 Å². The predicted molar refractivity (Wildman–Crippen MR) is 132 cm³/mol. The smallest absolute Gasteiger partial charge is 0.263 e. The van der Waals surface area contributed by atoms with Gasteiger partial charge in [0.05, 0.1) is 22.9 Å².